The molecule has 1 saturated heterocycles. The van der Waals surface area contributed by atoms with Gasteiger partial charge in [-0.2, -0.15) is 9.61 Å². The predicted octanol–water partition coefficient (Wildman–Crippen LogP) is 2.34. The summed E-state index contributed by atoms with van der Waals surface area (Å²) in [7, 11) is 1.77. The van der Waals surface area contributed by atoms with Crippen LogP contribution in [0.1, 0.15) is 35.7 Å². The molecule has 0 aromatic carbocycles. The van der Waals surface area contributed by atoms with Crippen molar-refractivity contribution in [2.45, 2.75) is 43.6 Å². The Balaban J connectivity index is 1.47. The SMILES string of the molecule is CNc1cc(-c2cn([C@H]3COC[C@H]3F)c3ncccc23)nc2c(C(=O)N[C@H]3CCC[C@H]3O)cnn12. The second-order valence-electron chi connectivity index (χ2n) is 9.09. The largest absolute Gasteiger partial charge is 0.391 e. The fourth-order valence-electron chi connectivity index (χ4n) is 5.11. The smallest absolute Gasteiger partial charge is 0.257 e. The van der Waals surface area contributed by atoms with Gasteiger partial charge in [0.1, 0.15) is 23.2 Å². The molecule has 1 aliphatic carbocycles. The number of hydrogen-bond acceptors (Lipinski definition) is 7. The van der Waals surface area contributed by atoms with Gasteiger partial charge in [-0.05, 0) is 31.4 Å². The van der Waals surface area contributed by atoms with Crippen LogP contribution >= 0.6 is 0 Å². The van der Waals surface area contributed by atoms with E-state index in [-0.39, 0.29) is 25.2 Å². The first kappa shape index (κ1) is 21.9. The molecule has 10 nitrogen and oxygen atoms in total. The fraction of sp³-hybridized carbons (Fsp3) is 0.417. The third-order valence-corrected chi connectivity index (χ3v) is 6.97. The zero-order valence-corrected chi connectivity index (χ0v) is 19.2. The first-order valence-electron chi connectivity index (χ1n) is 11.8. The van der Waals surface area contributed by atoms with Crippen molar-refractivity contribution in [3.05, 3.63) is 42.4 Å². The summed E-state index contributed by atoms with van der Waals surface area (Å²) in [4.78, 5) is 22.4. The molecule has 0 spiro atoms. The number of aromatic nitrogens is 5. The molecule has 1 saturated carbocycles. The Kier molecular flexibility index (Phi) is 5.37. The van der Waals surface area contributed by atoms with E-state index >= 15 is 0 Å². The lowest BCUT2D eigenvalue weighted by Crippen LogP contribution is -2.39. The highest BCUT2D eigenvalue weighted by atomic mass is 19.1. The lowest BCUT2D eigenvalue weighted by Gasteiger charge is -2.16. The van der Waals surface area contributed by atoms with E-state index in [4.69, 9.17) is 9.72 Å². The zero-order valence-electron chi connectivity index (χ0n) is 19.2. The van der Waals surface area contributed by atoms with Crippen molar-refractivity contribution < 1.29 is 19.0 Å². The second kappa shape index (κ2) is 8.58. The Morgan fingerprint density at radius 1 is 1.29 bits per heavy atom. The van der Waals surface area contributed by atoms with Crippen LogP contribution in [0.3, 0.4) is 0 Å². The minimum atomic E-state index is -1.13. The molecule has 0 radical (unpaired) electrons. The molecule has 4 aromatic heterocycles. The first-order valence-corrected chi connectivity index (χ1v) is 11.8. The van der Waals surface area contributed by atoms with Crippen LogP contribution in [0, 0.1) is 0 Å². The number of amides is 1. The Morgan fingerprint density at radius 2 is 2.17 bits per heavy atom. The number of fused-ring (bicyclic) bond motifs is 2. The molecule has 0 unspecified atom stereocenters. The number of pyridine rings is 1. The van der Waals surface area contributed by atoms with Crippen molar-refractivity contribution >= 4 is 28.4 Å². The number of nitrogens with one attached hydrogen (secondary N) is 2. The van der Waals surface area contributed by atoms with Crippen molar-refractivity contribution in [1.29, 1.82) is 0 Å². The Labute approximate surface area is 200 Å². The molecular weight excluding hydrogens is 453 g/mol. The summed E-state index contributed by atoms with van der Waals surface area (Å²) in [5.41, 5.74) is 2.72. The maximum atomic E-state index is 14.6. The van der Waals surface area contributed by atoms with E-state index in [2.05, 4.69) is 20.7 Å². The lowest BCUT2D eigenvalue weighted by molar-refractivity contribution is 0.0874. The average molecular weight is 480 g/mol. The Morgan fingerprint density at radius 3 is 2.91 bits per heavy atom. The number of halogens is 1. The minimum Gasteiger partial charge on any atom is -0.391 e. The van der Waals surface area contributed by atoms with E-state index in [0.717, 1.165) is 23.8 Å². The molecule has 2 fully saturated rings. The zero-order chi connectivity index (χ0) is 24.1. The third kappa shape index (κ3) is 3.62. The Bertz CT molecular complexity index is 1420. The summed E-state index contributed by atoms with van der Waals surface area (Å²) in [6.45, 7) is 0.333. The van der Waals surface area contributed by atoms with Gasteiger partial charge in [0.05, 0.1) is 43.3 Å². The number of nitrogens with zero attached hydrogens (tertiary/aromatic N) is 5. The maximum absolute atomic E-state index is 14.6. The summed E-state index contributed by atoms with van der Waals surface area (Å²) >= 11 is 0. The second-order valence-corrected chi connectivity index (χ2v) is 9.09. The Hall–Kier alpha value is -3.57. The van der Waals surface area contributed by atoms with Gasteiger partial charge in [0.2, 0.25) is 0 Å². The van der Waals surface area contributed by atoms with Gasteiger partial charge in [-0.1, -0.05) is 0 Å². The number of anilines is 1. The standard InChI is InChI=1S/C24H26FN7O3/c1-26-21-8-18(15-10-31(19-12-35-11-16(19)25)22-13(15)4-3-7-27-22)29-23-14(9-28-32(21)23)24(34)30-17-5-2-6-20(17)33/h3-4,7-10,16-17,19-20,26,33H,2,5-6,11-12H2,1H3,(H,30,34)/t16-,17+,19+,20-/m1/s1. The molecule has 35 heavy (non-hydrogen) atoms. The minimum absolute atomic E-state index is 0.0601. The number of rotatable bonds is 5. The van der Waals surface area contributed by atoms with Crippen molar-refractivity contribution in [1.82, 2.24) is 29.5 Å². The molecule has 6 rings (SSSR count). The highest BCUT2D eigenvalue weighted by Crippen LogP contribution is 2.35. The summed E-state index contributed by atoms with van der Waals surface area (Å²) in [5, 5.41) is 21.4. The summed E-state index contributed by atoms with van der Waals surface area (Å²) in [5.74, 6) is 0.312. The van der Waals surface area contributed by atoms with E-state index in [9.17, 15) is 14.3 Å². The van der Waals surface area contributed by atoms with E-state index in [1.165, 1.54) is 6.20 Å². The molecule has 3 N–H and O–H groups in total. The number of ether oxygens (including phenoxy) is 1. The topological polar surface area (TPSA) is 119 Å². The van der Waals surface area contributed by atoms with Gasteiger partial charge >= 0.3 is 0 Å². The number of aliphatic hydroxyl groups is 1. The van der Waals surface area contributed by atoms with E-state index in [1.54, 1.807) is 17.8 Å². The predicted molar refractivity (Wildman–Crippen MR) is 127 cm³/mol. The van der Waals surface area contributed by atoms with Gasteiger partial charge in [-0.25, -0.2) is 14.4 Å². The van der Waals surface area contributed by atoms with Crippen LogP contribution in [0.15, 0.2) is 36.8 Å². The average Bonchev–Trinajstić information content (AvgIpc) is 3.65. The van der Waals surface area contributed by atoms with Crippen molar-refractivity contribution in [3.8, 4) is 11.3 Å². The van der Waals surface area contributed by atoms with Crippen LogP contribution in [0.5, 0.6) is 0 Å². The highest BCUT2D eigenvalue weighted by Gasteiger charge is 2.32. The normalized spacial score (nSPS) is 24.4. The lowest BCUT2D eigenvalue weighted by atomic mass is 10.1. The number of hydrogen-bond donors (Lipinski definition) is 3. The fourth-order valence-corrected chi connectivity index (χ4v) is 5.11. The molecule has 1 amide bonds. The molecule has 4 atom stereocenters. The first-order chi connectivity index (χ1) is 17.0. The van der Waals surface area contributed by atoms with E-state index in [1.807, 2.05) is 29.0 Å². The van der Waals surface area contributed by atoms with Gasteiger partial charge in [0.15, 0.2) is 5.65 Å². The summed E-state index contributed by atoms with van der Waals surface area (Å²) < 4.78 is 23.3. The molecule has 5 heterocycles. The van der Waals surface area contributed by atoms with E-state index in [0.29, 0.717) is 34.8 Å². The summed E-state index contributed by atoms with van der Waals surface area (Å²) in [6, 6.07) is 4.84. The van der Waals surface area contributed by atoms with Crippen molar-refractivity contribution in [3.63, 3.8) is 0 Å². The molecule has 182 valence electrons. The molecule has 1 aliphatic heterocycles. The third-order valence-electron chi connectivity index (χ3n) is 6.97. The number of alkyl halides is 1. The van der Waals surface area contributed by atoms with Gasteiger partial charge in [0, 0.05) is 36.5 Å². The molecule has 0 bridgehead atoms. The number of carbonyl (C=O) groups excluding carboxylic acids is 1. The van der Waals surface area contributed by atoms with Gasteiger partial charge < -0.3 is 25.0 Å². The molecule has 11 heteroatoms. The molecular formula is C24H26FN7O3. The summed E-state index contributed by atoms with van der Waals surface area (Å²) in [6.07, 6.45) is 5.63. The van der Waals surface area contributed by atoms with Crippen LogP contribution in [-0.4, -0.2) is 73.7 Å². The number of aliphatic hydroxyl groups excluding tert-OH is 1. The monoisotopic (exact) mass is 479 g/mol. The van der Waals surface area contributed by atoms with Crippen molar-refractivity contribution in [2.24, 2.45) is 0 Å². The highest BCUT2D eigenvalue weighted by molar-refractivity contribution is 6.01. The van der Waals surface area contributed by atoms with Crippen molar-refractivity contribution in [2.75, 3.05) is 25.6 Å². The number of carbonyl (C=O) groups is 1. The molecule has 4 aromatic rings. The quantitative estimate of drug-likeness (QED) is 0.402. The van der Waals surface area contributed by atoms with Gasteiger partial charge in [0.25, 0.3) is 5.91 Å². The van der Waals surface area contributed by atoms with Crippen LogP contribution in [0.4, 0.5) is 10.2 Å². The van der Waals surface area contributed by atoms with Crippen LogP contribution in [0.2, 0.25) is 0 Å². The molecule has 2 aliphatic rings. The van der Waals surface area contributed by atoms with Crippen LogP contribution in [-0.2, 0) is 4.74 Å². The van der Waals surface area contributed by atoms with Crippen LogP contribution < -0.4 is 10.6 Å². The van der Waals surface area contributed by atoms with Crippen LogP contribution in [0.25, 0.3) is 27.9 Å². The van der Waals surface area contributed by atoms with Gasteiger partial charge in [-0.3, -0.25) is 4.79 Å². The maximum Gasteiger partial charge on any atom is 0.257 e. The van der Waals surface area contributed by atoms with Gasteiger partial charge in [-0.15, -0.1) is 0 Å². The van der Waals surface area contributed by atoms with E-state index < -0.39 is 18.3 Å².